The Morgan fingerprint density at radius 3 is 2.00 bits per heavy atom. The van der Waals surface area contributed by atoms with Crippen LogP contribution in [0.15, 0.2) is 11.6 Å². The monoisotopic (exact) mass is 316 g/mol. The van der Waals surface area contributed by atoms with E-state index in [0.29, 0.717) is 10.8 Å². The van der Waals surface area contributed by atoms with Gasteiger partial charge in [-0.25, -0.2) is 0 Å². The molecule has 18 heavy (non-hydrogen) atoms. The average molecular weight is 317 g/mol. The molecule has 0 atom stereocenters. The molecule has 0 unspecified atom stereocenters. The lowest BCUT2D eigenvalue weighted by atomic mass is 9.79. The van der Waals surface area contributed by atoms with E-state index in [-0.39, 0.29) is 0 Å². The Kier molecular flexibility index (Phi) is 8.51. The van der Waals surface area contributed by atoms with E-state index in [2.05, 4.69) is 63.5 Å². The number of allylic oxidation sites excluding steroid dienone is 2. The second kappa shape index (κ2) is 8.40. The summed E-state index contributed by atoms with van der Waals surface area (Å²) in [7, 11) is 0. The standard InChI is InChI=1S/C17H33Br/c1-15(10-14-18)9-7-12-17(5,6)13-8-11-16(2,3)4/h10H,7-9,11-14H2,1-6H3. The van der Waals surface area contributed by atoms with Crippen molar-refractivity contribution in [2.24, 2.45) is 10.8 Å². The number of hydrogen-bond acceptors (Lipinski definition) is 0. The molecular weight excluding hydrogens is 284 g/mol. The van der Waals surface area contributed by atoms with Gasteiger partial charge in [0.25, 0.3) is 0 Å². The Morgan fingerprint density at radius 2 is 1.50 bits per heavy atom. The maximum atomic E-state index is 3.46. The van der Waals surface area contributed by atoms with Crippen LogP contribution >= 0.6 is 15.9 Å². The van der Waals surface area contributed by atoms with Crippen molar-refractivity contribution in [1.29, 1.82) is 0 Å². The normalized spacial score (nSPS) is 14.1. The van der Waals surface area contributed by atoms with Gasteiger partial charge in [0.15, 0.2) is 0 Å². The van der Waals surface area contributed by atoms with Crippen LogP contribution in [0, 0.1) is 10.8 Å². The Bertz CT molecular complexity index is 243. The van der Waals surface area contributed by atoms with Crippen LogP contribution in [0.1, 0.15) is 80.1 Å². The molecule has 0 heterocycles. The lowest BCUT2D eigenvalue weighted by Crippen LogP contribution is -2.13. The zero-order valence-electron chi connectivity index (χ0n) is 13.4. The molecule has 0 nitrogen and oxygen atoms in total. The fraction of sp³-hybridized carbons (Fsp3) is 0.882. The fourth-order valence-electron chi connectivity index (χ4n) is 2.30. The first kappa shape index (κ1) is 18.2. The van der Waals surface area contributed by atoms with E-state index in [4.69, 9.17) is 0 Å². The summed E-state index contributed by atoms with van der Waals surface area (Å²) >= 11 is 3.46. The highest BCUT2D eigenvalue weighted by molar-refractivity contribution is 9.09. The fourth-order valence-corrected chi connectivity index (χ4v) is 2.85. The molecule has 0 N–H and O–H groups in total. The summed E-state index contributed by atoms with van der Waals surface area (Å²) in [4.78, 5) is 0. The third kappa shape index (κ3) is 11.3. The van der Waals surface area contributed by atoms with Crippen molar-refractivity contribution >= 4 is 15.9 Å². The van der Waals surface area contributed by atoms with Gasteiger partial charge >= 0.3 is 0 Å². The molecule has 0 amide bonds. The van der Waals surface area contributed by atoms with E-state index in [9.17, 15) is 0 Å². The summed E-state index contributed by atoms with van der Waals surface area (Å²) in [6, 6.07) is 0. The molecule has 1 heteroatoms. The van der Waals surface area contributed by atoms with Crippen LogP contribution in [0.25, 0.3) is 0 Å². The van der Waals surface area contributed by atoms with Gasteiger partial charge in [-0.05, 0) is 49.9 Å². The predicted molar refractivity (Wildman–Crippen MR) is 88.5 cm³/mol. The van der Waals surface area contributed by atoms with Crippen molar-refractivity contribution in [3.63, 3.8) is 0 Å². The third-order valence-corrected chi connectivity index (χ3v) is 3.95. The van der Waals surface area contributed by atoms with E-state index in [1.807, 2.05) is 0 Å². The van der Waals surface area contributed by atoms with E-state index >= 15 is 0 Å². The van der Waals surface area contributed by atoms with E-state index in [0.717, 1.165) is 5.33 Å². The van der Waals surface area contributed by atoms with Crippen LogP contribution in [0.5, 0.6) is 0 Å². The first-order valence-electron chi connectivity index (χ1n) is 7.38. The smallest absolute Gasteiger partial charge is 0.0214 e. The van der Waals surface area contributed by atoms with Crippen LogP contribution in [-0.4, -0.2) is 5.33 Å². The Balaban J connectivity index is 3.83. The molecule has 0 radical (unpaired) electrons. The summed E-state index contributed by atoms with van der Waals surface area (Å²) in [5.74, 6) is 0. The maximum absolute atomic E-state index is 3.46. The van der Waals surface area contributed by atoms with Crippen molar-refractivity contribution in [2.45, 2.75) is 80.1 Å². The molecule has 0 aliphatic heterocycles. The molecule has 0 aromatic carbocycles. The van der Waals surface area contributed by atoms with Gasteiger partial charge in [0, 0.05) is 5.33 Å². The molecule has 0 aromatic heterocycles. The van der Waals surface area contributed by atoms with E-state index < -0.39 is 0 Å². The number of hydrogen-bond donors (Lipinski definition) is 0. The lowest BCUT2D eigenvalue weighted by Gasteiger charge is -2.27. The van der Waals surface area contributed by atoms with Crippen LogP contribution < -0.4 is 0 Å². The topological polar surface area (TPSA) is 0 Å². The second-order valence-corrected chi connectivity index (χ2v) is 8.28. The highest BCUT2D eigenvalue weighted by Crippen LogP contribution is 2.32. The predicted octanol–water partition coefficient (Wildman–Crippen LogP) is 6.74. The van der Waals surface area contributed by atoms with E-state index in [1.54, 1.807) is 0 Å². The minimum atomic E-state index is 0.491. The van der Waals surface area contributed by atoms with Crippen LogP contribution in [0.2, 0.25) is 0 Å². The number of rotatable bonds is 8. The molecule has 0 saturated carbocycles. The molecule has 0 fully saturated rings. The molecule has 0 aromatic rings. The van der Waals surface area contributed by atoms with Gasteiger partial charge in [-0.15, -0.1) is 0 Å². The molecular formula is C17H33Br. The highest BCUT2D eigenvalue weighted by Gasteiger charge is 2.18. The zero-order chi connectivity index (χ0) is 14.2. The highest BCUT2D eigenvalue weighted by atomic mass is 79.9. The zero-order valence-corrected chi connectivity index (χ0v) is 15.0. The van der Waals surface area contributed by atoms with Crippen molar-refractivity contribution in [2.75, 3.05) is 5.33 Å². The molecule has 0 bridgehead atoms. The summed E-state index contributed by atoms with van der Waals surface area (Å²) in [6.07, 6.45) is 10.3. The van der Waals surface area contributed by atoms with E-state index in [1.165, 1.54) is 44.1 Å². The van der Waals surface area contributed by atoms with Crippen LogP contribution in [0.3, 0.4) is 0 Å². The molecule has 0 saturated heterocycles. The average Bonchev–Trinajstić information content (AvgIpc) is 2.14. The van der Waals surface area contributed by atoms with Gasteiger partial charge in [-0.1, -0.05) is 68.6 Å². The Labute approximate surface area is 124 Å². The molecule has 0 aliphatic rings. The van der Waals surface area contributed by atoms with Crippen LogP contribution in [-0.2, 0) is 0 Å². The second-order valence-electron chi connectivity index (χ2n) is 7.64. The Morgan fingerprint density at radius 1 is 0.944 bits per heavy atom. The number of alkyl halides is 1. The van der Waals surface area contributed by atoms with Gasteiger partial charge in [-0.2, -0.15) is 0 Å². The van der Waals surface area contributed by atoms with Crippen molar-refractivity contribution in [1.82, 2.24) is 0 Å². The summed E-state index contributed by atoms with van der Waals surface area (Å²) < 4.78 is 0. The van der Waals surface area contributed by atoms with Gasteiger partial charge in [-0.3, -0.25) is 0 Å². The molecule has 0 rings (SSSR count). The minimum Gasteiger partial charge on any atom is -0.0883 e. The van der Waals surface area contributed by atoms with Crippen molar-refractivity contribution in [3.8, 4) is 0 Å². The van der Waals surface area contributed by atoms with Crippen molar-refractivity contribution in [3.05, 3.63) is 11.6 Å². The van der Waals surface area contributed by atoms with Crippen LogP contribution in [0.4, 0.5) is 0 Å². The molecule has 0 spiro atoms. The summed E-state index contributed by atoms with van der Waals surface area (Å²) in [6.45, 7) is 14.1. The first-order valence-corrected chi connectivity index (χ1v) is 8.50. The molecule has 0 aliphatic carbocycles. The van der Waals surface area contributed by atoms with Gasteiger partial charge in [0.05, 0.1) is 0 Å². The summed E-state index contributed by atoms with van der Waals surface area (Å²) in [5.41, 5.74) is 2.53. The maximum Gasteiger partial charge on any atom is 0.0214 e. The first-order chi connectivity index (χ1) is 8.16. The summed E-state index contributed by atoms with van der Waals surface area (Å²) in [5, 5.41) is 0.994. The molecule has 108 valence electrons. The third-order valence-electron chi connectivity index (χ3n) is 3.63. The Hall–Kier alpha value is 0.220. The van der Waals surface area contributed by atoms with Gasteiger partial charge in [0.2, 0.25) is 0 Å². The van der Waals surface area contributed by atoms with Gasteiger partial charge in [0.1, 0.15) is 0 Å². The lowest BCUT2D eigenvalue weighted by molar-refractivity contribution is 0.260. The minimum absolute atomic E-state index is 0.491. The number of halogens is 1. The van der Waals surface area contributed by atoms with Gasteiger partial charge < -0.3 is 0 Å². The van der Waals surface area contributed by atoms with Crippen molar-refractivity contribution < 1.29 is 0 Å². The SMILES string of the molecule is CC(=CCBr)CCCC(C)(C)CCCC(C)(C)C. The quantitative estimate of drug-likeness (QED) is 0.343. The largest absolute Gasteiger partial charge is 0.0883 e.